The number of nitrogens with one attached hydrogen (secondary N) is 1. The number of hydrogen-bond donors (Lipinski definition) is 1. The topological polar surface area (TPSA) is 64.4 Å². The van der Waals surface area contributed by atoms with Crippen molar-refractivity contribution in [1.82, 2.24) is 19.9 Å². The van der Waals surface area contributed by atoms with Crippen LogP contribution in [0.2, 0.25) is 0 Å². The summed E-state index contributed by atoms with van der Waals surface area (Å²) in [6, 6.07) is 29.4. The van der Waals surface area contributed by atoms with E-state index in [9.17, 15) is 0 Å². The molecule has 2 unspecified atom stereocenters. The van der Waals surface area contributed by atoms with Gasteiger partial charge in [-0.1, -0.05) is 6.07 Å². The smallest absolute Gasteiger partial charge is 0.174 e. The van der Waals surface area contributed by atoms with Gasteiger partial charge < -0.3 is 24.3 Å². The maximum absolute atomic E-state index is 6.06. The van der Waals surface area contributed by atoms with E-state index in [0.717, 1.165) is 45.7 Å². The van der Waals surface area contributed by atoms with E-state index in [1.807, 2.05) is 85.2 Å². The summed E-state index contributed by atoms with van der Waals surface area (Å²) in [5.41, 5.74) is 5.06. The van der Waals surface area contributed by atoms with Crippen LogP contribution in [0.1, 0.15) is 29.2 Å². The average Bonchev–Trinajstić information content (AvgIpc) is 3.54. The predicted octanol–water partition coefficient (Wildman–Crippen LogP) is 6.55. The third-order valence-corrected chi connectivity index (χ3v) is 7.14. The number of aryl methyl sites for hydroxylation is 1. The van der Waals surface area contributed by atoms with Crippen molar-refractivity contribution in [2.75, 3.05) is 12.0 Å². The Morgan fingerprint density at radius 1 is 0.795 bits per heavy atom. The molecule has 2 aromatic carbocycles. The van der Waals surface area contributed by atoms with Crippen molar-refractivity contribution in [2.45, 2.75) is 19.0 Å². The number of ether oxygens (including phenoxy) is 2. The minimum atomic E-state index is -0.158. The summed E-state index contributed by atoms with van der Waals surface area (Å²) >= 11 is 5.93. The summed E-state index contributed by atoms with van der Waals surface area (Å²) in [6.45, 7) is 2.10. The number of hydrogen-bond acceptors (Lipinski definition) is 5. The van der Waals surface area contributed by atoms with Gasteiger partial charge in [0.15, 0.2) is 5.11 Å². The summed E-state index contributed by atoms with van der Waals surface area (Å²) in [7, 11) is 1.65. The maximum Gasteiger partial charge on any atom is 0.174 e. The fourth-order valence-corrected chi connectivity index (χ4v) is 5.36. The minimum absolute atomic E-state index is 0.154. The number of thiocarbonyl (C=S) groups is 1. The first-order valence-electron chi connectivity index (χ1n) is 12.6. The Morgan fingerprint density at radius 2 is 1.54 bits per heavy atom. The highest BCUT2D eigenvalue weighted by Crippen LogP contribution is 2.43. The van der Waals surface area contributed by atoms with Gasteiger partial charge in [0.2, 0.25) is 0 Å². The van der Waals surface area contributed by atoms with Gasteiger partial charge in [0.05, 0.1) is 30.7 Å². The molecule has 0 radical (unpaired) electrons. The Bertz CT molecular complexity index is 1570. The van der Waals surface area contributed by atoms with Crippen molar-refractivity contribution in [2.24, 2.45) is 0 Å². The molecule has 4 heterocycles. The van der Waals surface area contributed by atoms with Gasteiger partial charge in [-0.15, -0.1) is 0 Å². The van der Waals surface area contributed by atoms with Gasteiger partial charge in [-0.25, -0.2) is 0 Å². The number of pyridine rings is 2. The molecule has 0 aliphatic carbocycles. The third kappa shape index (κ3) is 4.82. The van der Waals surface area contributed by atoms with Gasteiger partial charge in [-0.05, 0) is 104 Å². The molecule has 2 atom stereocenters. The summed E-state index contributed by atoms with van der Waals surface area (Å²) in [5, 5.41) is 4.18. The highest BCUT2D eigenvalue weighted by molar-refractivity contribution is 7.80. The number of benzene rings is 2. The first kappa shape index (κ1) is 24.6. The van der Waals surface area contributed by atoms with Crippen LogP contribution in [0.4, 0.5) is 5.69 Å². The lowest BCUT2D eigenvalue weighted by molar-refractivity contribution is 0.413. The minimum Gasteiger partial charge on any atom is -0.497 e. The van der Waals surface area contributed by atoms with Crippen molar-refractivity contribution < 1.29 is 9.47 Å². The van der Waals surface area contributed by atoms with E-state index in [4.69, 9.17) is 21.7 Å². The number of methoxy groups -OCH3 is 1. The van der Waals surface area contributed by atoms with E-state index in [1.165, 1.54) is 0 Å². The van der Waals surface area contributed by atoms with Gasteiger partial charge in [-0.2, -0.15) is 0 Å². The fourth-order valence-electron chi connectivity index (χ4n) is 5.02. The van der Waals surface area contributed by atoms with Crippen LogP contribution in [0.5, 0.6) is 17.2 Å². The largest absolute Gasteiger partial charge is 0.497 e. The van der Waals surface area contributed by atoms with Gasteiger partial charge in [0.25, 0.3) is 0 Å². The van der Waals surface area contributed by atoms with Crippen LogP contribution in [-0.4, -0.2) is 26.8 Å². The van der Waals surface area contributed by atoms with Crippen LogP contribution in [0.25, 0.3) is 5.69 Å². The van der Waals surface area contributed by atoms with Crippen LogP contribution >= 0.6 is 12.2 Å². The van der Waals surface area contributed by atoms with E-state index in [0.29, 0.717) is 5.11 Å². The van der Waals surface area contributed by atoms with Crippen molar-refractivity contribution in [3.05, 3.63) is 127 Å². The van der Waals surface area contributed by atoms with Crippen LogP contribution in [0, 0.1) is 6.92 Å². The second-order valence-corrected chi connectivity index (χ2v) is 9.60. The lowest BCUT2D eigenvalue weighted by Crippen LogP contribution is -2.30. The number of rotatable bonds is 7. The molecule has 5 aromatic rings. The lowest BCUT2D eigenvalue weighted by Gasteiger charge is -2.29. The highest BCUT2D eigenvalue weighted by Gasteiger charge is 2.42. The van der Waals surface area contributed by atoms with Crippen molar-refractivity contribution in [1.29, 1.82) is 0 Å². The third-order valence-electron chi connectivity index (χ3n) is 6.82. The molecule has 0 saturated carbocycles. The quantitative estimate of drug-likeness (QED) is 0.238. The Labute approximate surface area is 232 Å². The zero-order valence-corrected chi connectivity index (χ0v) is 22.4. The molecule has 6 rings (SSSR count). The molecule has 1 aliphatic rings. The van der Waals surface area contributed by atoms with Gasteiger partial charge in [0, 0.05) is 29.5 Å². The molecule has 1 fully saturated rings. The second-order valence-electron chi connectivity index (χ2n) is 9.21. The summed E-state index contributed by atoms with van der Waals surface area (Å²) in [4.78, 5) is 11.2. The van der Waals surface area contributed by atoms with E-state index in [-0.39, 0.29) is 12.1 Å². The van der Waals surface area contributed by atoms with Crippen molar-refractivity contribution in [3.8, 4) is 22.9 Å². The Balaban J connectivity index is 1.38. The zero-order chi connectivity index (χ0) is 26.8. The van der Waals surface area contributed by atoms with Crippen LogP contribution in [0.3, 0.4) is 0 Å². The second kappa shape index (κ2) is 10.6. The molecule has 1 aliphatic heterocycles. The Kier molecular flexibility index (Phi) is 6.69. The first-order valence-corrected chi connectivity index (χ1v) is 13.0. The molecule has 8 heteroatoms. The van der Waals surface area contributed by atoms with Gasteiger partial charge in [-0.3, -0.25) is 9.97 Å². The standard InChI is InChI=1S/C31H27N5O2S/c1-21-8-17-28(35(21)23-6-5-18-32-20-23)30-29(27-7-3-4-19-33-27)34-31(39)36(30)22-9-11-25(12-10-22)38-26-15-13-24(37-2)14-16-26/h3-20,29-30H,1-2H3,(H,34,39). The first-order chi connectivity index (χ1) is 19.1. The van der Waals surface area contributed by atoms with E-state index >= 15 is 0 Å². The zero-order valence-electron chi connectivity index (χ0n) is 21.6. The molecule has 0 amide bonds. The molecule has 3 aromatic heterocycles. The lowest BCUT2D eigenvalue weighted by atomic mass is 10.0. The fraction of sp³-hybridized carbons (Fsp3) is 0.129. The molecular formula is C31H27N5O2S. The average molecular weight is 534 g/mol. The van der Waals surface area contributed by atoms with E-state index in [1.54, 1.807) is 13.3 Å². The Hall–Kier alpha value is -4.69. The van der Waals surface area contributed by atoms with Crippen LogP contribution in [-0.2, 0) is 0 Å². The molecule has 1 saturated heterocycles. The van der Waals surface area contributed by atoms with Crippen molar-refractivity contribution in [3.63, 3.8) is 0 Å². The summed E-state index contributed by atoms with van der Waals surface area (Å²) in [6.07, 6.45) is 5.48. The van der Waals surface area contributed by atoms with Gasteiger partial charge in [0.1, 0.15) is 23.3 Å². The SMILES string of the molecule is COc1ccc(Oc2ccc(N3C(=S)NC(c4ccccn4)C3c3ccc(C)n3-c3cccnc3)cc2)cc1. The molecule has 39 heavy (non-hydrogen) atoms. The Morgan fingerprint density at radius 3 is 2.21 bits per heavy atom. The normalized spacial score (nSPS) is 16.7. The van der Waals surface area contributed by atoms with Crippen LogP contribution in [0.15, 0.2) is 110 Å². The van der Waals surface area contributed by atoms with E-state index < -0.39 is 0 Å². The predicted molar refractivity (Wildman–Crippen MR) is 156 cm³/mol. The van der Waals surface area contributed by atoms with Gasteiger partial charge >= 0.3 is 0 Å². The molecular weight excluding hydrogens is 506 g/mol. The van der Waals surface area contributed by atoms with E-state index in [2.05, 4.69) is 49.9 Å². The number of aromatic nitrogens is 3. The molecule has 0 spiro atoms. The molecule has 7 nitrogen and oxygen atoms in total. The maximum atomic E-state index is 6.06. The monoisotopic (exact) mass is 533 g/mol. The van der Waals surface area contributed by atoms with Crippen LogP contribution < -0.4 is 19.7 Å². The summed E-state index contributed by atoms with van der Waals surface area (Å²) < 4.78 is 13.5. The molecule has 194 valence electrons. The molecule has 0 bridgehead atoms. The number of nitrogens with zero attached hydrogens (tertiary/aromatic N) is 4. The molecule has 1 N–H and O–H groups in total. The summed E-state index contributed by atoms with van der Waals surface area (Å²) in [5.74, 6) is 2.25. The van der Waals surface area contributed by atoms with Crippen molar-refractivity contribution >= 4 is 23.0 Å². The highest BCUT2D eigenvalue weighted by atomic mass is 32.1. The number of anilines is 1.